The molecular formula is C16H16Cl2N2. The maximum Gasteiger partial charge on any atom is 0.142 e. The first-order chi connectivity index (χ1) is 9.54. The summed E-state index contributed by atoms with van der Waals surface area (Å²) < 4.78 is 0. The summed E-state index contributed by atoms with van der Waals surface area (Å²) in [6.07, 6.45) is 2.09. The molecule has 1 fully saturated rings. The number of hydrogen-bond donors (Lipinski definition) is 0. The molecule has 0 spiro atoms. The zero-order valence-electron chi connectivity index (χ0n) is 11.5. The van der Waals surface area contributed by atoms with Crippen LogP contribution in [0.4, 0.5) is 0 Å². The van der Waals surface area contributed by atoms with Gasteiger partial charge in [0.1, 0.15) is 16.1 Å². The largest absolute Gasteiger partial charge is 0.220 e. The van der Waals surface area contributed by atoms with Gasteiger partial charge in [0.25, 0.3) is 0 Å². The molecule has 0 amide bonds. The smallest absolute Gasteiger partial charge is 0.142 e. The lowest BCUT2D eigenvalue weighted by Crippen LogP contribution is -2.15. The van der Waals surface area contributed by atoms with Gasteiger partial charge in [-0.1, -0.05) is 67.4 Å². The molecule has 0 radical (unpaired) electrons. The molecule has 0 unspecified atom stereocenters. The molecule has 4 heteroatoms. The van der Waals surface area contributed by atoms with Crippen molar-refractivity contribution < 1.29 is 0 Å². The van der Waals surface area contributed by atoms with Gasteiger partial charge >= 0.3 is 0 Å². The van der Waals surface area contributed by atoms with Crippen molar-refractivity contribution in [2.75, 3.05) is 0 Å². The average Bonchev–Trinajstić information content (AvgIpc) is 3.20. The summed E-state index contributed by atoms with van der Waals surface area (Å²) in [6.45, 7) is 4.08. The fourth-order valence-corrected chi connectivity index (χ4v) is 3.45. The van der Waals surface area contributed by atoms with Gasteiger partial charge < -0.3 is 0 Å². The maximum absolute atomic E-state index is 6.32. The molecule has 1 heterocycles. The van der Waals surface area contributed by atoms with E-state index in [9.17, 15) is 0 Å². The molecular weight excluding hydrogens is 291 g/mol. The highest BCUT2D eigenvalue weighted by atomic mass is 35.5. The summed E-state index contributed by atoms with van der Waals surface area (Å²) in [6, 6.07) is 10.3. The SMILES string of the molecule is CC(C)c1c(Cl)nc(C2(c3ccccc3)CC2)nc1Cl. The van der Waals surface area contributed by atoms with Crippen LogP contribution < -0.4 is 0 Å². The average molecular weight is 307 g/mol. The molecule has 20 heavy (non-hydrogen) atoms. The molecule has 0 bridgehead atoms. The lowest BCUT2D eigenvalue weighted by molar-refractivity contribution is 0.738. The molecule has 104 valence electrons. The van der Waals surface area contributed by atoms with Crippen molar-refractivity contribution in [1.82, 2.24) is 9.97 Å². The van der Waals surface area contributed by atoms with Crippen molar-refractivity contribution in [3.63, 3.8) is 0 Å². The van der Waals surface area contributed by atoms with Gasteiger partial charge in [0.05, 0.1) is 5.41 Å². The van der Waals surface area contributed by atoms with Gasteiger partial charge in [0.15, 0.2) is 0 Å². The summed E-state index contributed by atoms with van der Waals surface area (Å²) in [5, 5.41) is 0.967. The Labute approximate surface area is 129 Å². The lowest BCUT2D eigenvalue weighted by atomic mass is 9.95. The highest BCUT2D eigenvalue weighted by Gasteiger charge is 2.49. The Hall–Kier alpha value is -1.12. The molecule has 3 rings (SSSR count). The molecule has 0 aliphatic heterocycles. The van der Waals surface area contributed by atoms with E-state index in [4.69, 9.17) is 23.2 Å². The minimum absolute atomic E-state index is 0.0932. The summed E-state index contributed by atoms with van der Waals surface area (Å²) in [7, 11) is 0. The highest BCUT2D eigenvalue weighted by Crippen LogP contribution is 2.52. The third-order valence-electron chi connectivity index (χ3n) is 3.93. The Morgan fingerprint density at radius 3 is 2.00 bits per heavy atom. The second-order valence-corrected chi connectivity index (χ2v) is 6.36. The molecule has 2 aromatic rings. The van der Waals surface area contributed by atoms with Crippen LogP contribution in [0.5, 0.6) is 0 Å². The Kier molecular flexibility index (Phi) is 3.47. The molecule has 1 aromatic heterocycles. The topological polar surface area (TPSA) is 25.8 Å². The Morgan fingerprint density at radius 1 is 1.00 bits per heavy atom. The minimum Gasteiger partial charge on any atom is -0.220 e. The number of benzene rings is 1. The summed E-state index contributed by atoms with van der Waals surface area (Å²) in [5.74, 6) is 0.971. The van der Waals surface area contributed by atoms with Gasteiger partial charge in [-0.05, 0) is 24.3 Å². The van der Waals surface area contributed by atoms with Crippen molar-refractivity contribution >= 4 is 23.2 Å². The number of halogens is 2. The molecule has 2 nitrogen and oxygen atoms in total. The van der Waals surface area contributed by atoms with Gasteiger partial charge in [-0.3, -0.25) is 0 Å². The molecule has 1 aromatic carbocycles. The Morgan fingerprint density at radius 2 is 1.55 bits per heavy atom. The van der Waals surface area contributed by atoms with Gasteiger partial charge in [-0.25, -0.2) is 9.97 Å². The van der Waals surface area contributed by atoms with Crippen molar-refractivity contribution in [1.29, 1.82) is 0 Å². The van der Waals surface area contributed by atoms with Crippen molar-refractivity contribution in [2.45, 2.75) is 38.0 Å². The van der Waals surface area contributed by atoms with E-state index in [1.807, 2.05) is 32.0 Å². The van der Waals surface area contributed by atoms with Crippen molar-refractivity contribution in [3.8, 4) is 0 Å². The van der Waals surface area contributed by atoms with Crippen LogP contribution >= 0.6 is 23.2 Å². The zero-order valence-corrected chi connectivity index (χ0v) is 13.0. The second-order valence-electron chi connectivity index (χ2n) is 5.65. The Bertz CT molecular complexity index is 611. The number of nitrogens with zero attached hydrogens (tertiary/aromatic N) is 2. The molecule has 0 saturated heterocycles. The number of aromatic nitrogens is 2. The summed E-state index contributed by atoms with van der Waals surface area (Å²) >= 11 is 12.6. The quantitative estimate of drug-likeness (QED) is 0.747. The van der Waals surface area contributed by atoms with Gasteiger partial charge in [-0.2, -0.15) is 0 Å². The maximum atomic E-state index is 6.32. The van der Waals surface area contributed by atoms with Crippen LogP contribution in [0, 0.1) is 0 Å². The Balaban J connectivity index is 2.08. The van der Waals surface area contributed by atoms with Crippen LogP contribution in [-0.4, -0.2) is 9.97 Å². The van der Waals surface area contributed by atoms with E-state index >= 15 is 0 Å². The zero-order chi connectivity index (χ0) is 14.3. The normalized spacial score (nSPS) is 16.4. The molecule has 1 aliphatic carbocycles. The first-order valence-corrected chi connectivity index (χ1v) is 7.59. The fraction of sp³-hybridized carbons (Fsp3) is 0.375. The first kappa shape index (κ1) is 13.8. The fourth-order valence-electron chi connectivity index (χ4n) is 2.63. The van der Waals surface area contributed by atoms with E-state index in [1.54, 1.807) is 0 Å². The highest BCUT2D eigenvalue weighted by molar-refractivity contribution is 6.34. The number of rotatable bonds is 3. The monoisotopic (exact) mass is 306 g/mol. The van der Waals surface area contributed by atoms with Crippen LogP contribution in [0.25, 0.3) is 0 Å². The van der Waals surface area contributed by atoms with Gasteiger partial charge in [0, 0.05) is 5.56 Å². The third-order valence-corrected chi connectivity index (χ3v) is 4.51. The van der Waals surface area contributed by atoms with E-state index in [2.05, 4.69) is 22.1 Å². The molecule has 0 N–H and O–H groups in total. The van der Waals surface area contributed by atoms with E-state index in [0.29, 0.717) is 10.3 Å². The molecule has 1 aliphatic rings. The molecule has 0 atom stereocenters. The van der Waals surface area contributed by atoms with Crippen LogP contribution in [-0.2, 0) is 5.41 Å². The predicted molar refractivity (Wildman–Crippen MR) is 82.6 cm³/mol. The van der Waals surface area contributed by atoms with E-state index in [0.717, 1.165) is 24.2 Å². The van der Waals surface area contributed by atoms with E-state index in [1.165, 1.54) is 5.56 Å². The van der Waals surface area contributed by atoms with Crippen molar-refractivity contribution in [3.05, 3.63) is 57.6 Å². The summed E-state index contributed by atoms with van der Waals surface area (Å²) in [5.41, 5.74) is 1.98. The first-order valence-electron chi connectivity index (χ1n) is 6.83. The lowest BCUT2D eigenvalue weighted by Gasteiger charge is -2.17. The van der Waals surface area contributed by atoms with Crippen LogP contribution in [0.3, 0.4) is 0 Å². The minimum atomic E-state index is -0.0932. The predicted octanol–water partition coefficient (Wildman–Crippen LogP) is 4.99. The van der Waals surface area contributed by atoms with Gasteiger partial charge in [0.2, 0.25) is 0 Å². The van der Waals surface area contributed by atoms with E-state index < -0.39 is 0 Å². The standard InChI is InChI=1S/C16H16Cl2N2/c1-10(2)12-13(17)19-15(20-14(12)18)16(8-9-16)11-6-4-3-5-7-11/h3-7,10H,8-9H2,1-2H3. The number of hydrogen-bond acceptors (Lipinski definition) is 2. The van der Waals surface area contributed by atoms with Crippen LogP contribution in [0.15, 0.2) is 30.3 Å². The second kappa shape index (κ2) is 5.01. The third kappa shape index (κ3) is 2.21. The summed E-state index contributed by atoms with van der Waals surface area (Å²) in [4.78, 5) is 9.07. The van der Waals surface area contributed by atoms with Gasteiger partial charge in [-0.15, -0.1) is 0 Å². The molecule has 1 saturated carbocycles. The van der Waals surface area contributed by atoms with Crippen LogP contribution in [0.2, 0.25) is 10.3 Å². The van der Waals surface area contributed by atoms with E-state index in [-0.39, 0.29) is 11.3 Å². The van der Waals surface area contributed by atoms with Crippen LogP contribution in [0.1, 0.15) is 49.6 Å². The van der Waals surface area contributed by atoms with Crippen molar-refractivity contribution in [2.24, 2.45) is 0 Å².